The summed E-state index contributed by atoms with van der Waals surface area (Å²) in [6.45, 7) is 9.87. The van der Waals surface area contributed by atoms with Crippen LogP contribution in [0.15, 0.2) is 29.3 Å². The number of nitrogens with zero attached hydrogens (tertiary/aromatic N) is 1. The van der Waals surface area contributed by atoms with Crippen molar-refractivity contribution >= 4 is 41.7 Å². The Morgan fingerprint density at radius 3 is 2.15 bits per heavy atom. The van der Waals surface area contributed by atoms with Gasteiger partial charge < -0.3 is 25.8 Å². The molecule has 154 valence electrons. The van der Waals surface area contributed by atoms with Gasteiger partial charge in [-0.05, 0) is 57.9 Å². The summed E-state index contributed by atoms with van der Waals surface area (Å²) >= 11 is 0. The molecule has 0 bridgehead atoms. The molecular weight excluding hydrogens is 459 g/mol. The van der Waals surface area contributed by atoms with E-state index in [1.54, 1.807) is 7.11 Å². The lowest BCUT2D eigenvalue weighted by molar-refractivity contribution is 0.0452. The lowest BCUT2D eigenvalue weighted by Crippen LogP contribution is -2.52. The summed E-state index contributed by atoms with van der Waals surface area (Å²) in [6.07, 6.45) is 0.975. The van der Waals surface area contributed by atoms with Crippen LogP contribution in [-0.2, 0) is 4.74 Å². The van der Waals surface area contributed by atoms with Gasteiger partial charge in [-0.3, -0.25) is 4.99 Å². The van der Waals surface area contributed by atoms with Gasteiger partial charge in [-0.1, -0.05) is 13.8 Å². The van der Waals surface area contributed by atoms with Gasteiger partial charge in [0.2, 0.25) is 0 Å². The predicted molar refractivity (Wildman–Crippen MR) is 121 cm³/mol. The Labute approximate surface area is 179 Å². The Morgan fingerprint density at radius 2 is 1.70 bits per heavy atom. The molecule has 0 fully saturated rings. The molecule has 1 amide bonds. The first kappa shape index (κ1) is 25.3. The number of carbonyl (C=O) groups excluding carboxylic acids is 1. The van der Waals surface area contributed by atoms with Crippen molar-refractivity contribution in [3.63, 3.8) is 0 Å². The van der Waals surface area contributed by atoms with Crippen LogP contribution in [0.3, 0.4) is 0 Å². The van der Waals surface area contributed by atoms with Crippen LogP contribution in [-0.4, -0.2) is 36.8 Å². The van der Waals surface area contributed by atoms with Crippen LogP contribution in [0.5, 0.6) is 5.75 Å². The lowest BCUT2D eigenvalue weighted by Gasteiger charge is -2.32. The number of guanidine groups is 1. The zero-order chi connectivity index (χ0) is 19.8. The van der Waals surface area contributed by atoms with E-state index in [0.29, 0.717) is 19.4 Å². The number of hydrogen-bond donors (Lipinski definition) is 3. The first-order valence-corrected chi connectivity index (χ1v) is 8.85. The van der Waals surface area contributed by atoms with Crippen molar-refractivity contribution in [3.05, 3.63) is 24.3 Å². The standard InChI is InChI=1S/C19H32N4O3.HI/c1-7-19(8-2,23-17(24)26-18(3,4)5)13-21-16(20)22-14-9-11-15(25-6)12-10-14;/h9-12H,7-8,13H2,1-6H3,(H,23,24)(H3,20,21,22);1H. The number of carbonyl (C=O) groups is 1. The molecule has 8 heteroatoms. The van der Waals surface area contributed by atoms with Gasteiger partial charge in [-0.25, -0.2) is 4.79 Å². The Balaban J connectivity index is 0.00000676. The number of alkyl carbamates (subject to hydrolysis) is 1. The summed E-state index contributed by atoms with van der Waals surface area (Å²) in [5.74, 6) is 1.05. The number of amides is 1. The number of ether oxygens (including phenoxy) is 2. The van der Waals surface area contributed by atoms with Crippen LogP contribution < -0.4 is 21.1 Å². The van der Waals surface area contributed by atoms with Gasteiger partial charge in [0.15, 0.2) is 5.96 Å². The van der Waals surface area contributed by atoms with Gasteiger partial charge in [-0.15, -0.1) is 24.0 Å². The predicted octanol–water partition coefficient (Wildman–Crippen LogP) is 4.12. The summed E-state index contributed by atoms with van der Waals surface area (Å²) in [5.41, 5.74) is 5.75. The summed E-state index contributed by atoms with van der Waals surface area (Å²) in [4.78, 5) is 16.6. The third-order valence-corrected chi connectivity index (χ3v) is 4.03. The number of hydrogen-bond acceptors (Lipinski definition) is 4. The summed E-state index contributed by atoms with van der Waals surface area (Å²) in [6, 6.07) is 7.38. The summed E-state index contributed by atoms with van der Waals surface area (Å²) < 4.78 is 10.5. The van der Waals surface area contributed by atoms with E-state index in [9.17, 15) is 4.79 Å². The van der Waals surface area contributed by atoms with Crippen LogP contribution >= 0.6 is 24.0 Å². The fourth-order valence-corrected chi connectivity index (χ4v) is 2.31. The molecule has 0 radical (unpaired) electrons. The fraction of sp³-hybridized carbons (Fsp3) is 0.579. The normalized spacial score (nSPS) is 12.0. The van der Waals surface area contributed by atoms with E-state index >= 15 is 0 Å². The molecule has 0 aromatic heterocycles. The molecule has 1 aromatic carbocycles. The topological polar surface area (TPSA) is 98.0 Å². The molecule has 27 heavy (non-hydrogen) atoms. The number of benzene rings is 1. The first-order chi connectivity index (χ1) is 12.1. The molecule has 4 N–H and O–H groups in total. The highest BCUT2D eigenvalue weighted by Crippen LogP contribution is 2.18. The largest absolute Gasteiger partial charge is 0.497 e. The molecule has 0 aliphatic heterocycles. The van der Waals surface area contributed by atoms with Crippen molar-refractivity contribution in [2.24, 2.45) is 10.7 Å². The van der Waals surface area contributed by atoms with E-state index < -0.39 is 17.2 Å². The average Bonchev–Trinajstić information content (AvgIpc) is 2.57. The molecule has 0 atom stereocenters. The molecule has 0 saturated carbocycles. The number of nitrogens with two attached hydrogens (primary N) is 1. The lowest BCUT2D eigenvalue weighted by atomic mass is 9.93. The van der Waals surface area contributed by atoms with E-state index in [2.05, 4.69) is 15.6 Å². The maximum atomic E-state index is 12.1. The van der Waals surface area contributed by atoms with Crippen molar-refractivity contribution in [3.8, 4) is 5.75 Å². The van der Waals surface area contributed by atoms with Crippen LogP contribution in [0.4, 0.5) is 10.5 Å². The number of nitrogens with one attached hydrogen (secondary N) is 2. The summed E-state index contributed by atoms with van der Waals surface area (Å²) in [5, 5.41) is 5.99. The van der Waals surface area contributed by atoms with Gasteiger partial charge in [-0.2, -0.15) is 0 Å². The van der Waals surface area contributed by atoms with E-state index in [0.717, 1.165) is 11.4 Å². The molecule has 0 spiro atoms. The third-order valence-electron chi connectivity index (χ3n) is 4.03. The SMILES string of the molecule is CCC(CC)(CN=C(N)Nc1ccc(OC)cc1)NC(=O)OC(C)(C)C.I. The van der Waals surface area contributed by atoms with Gasteiger partial charge in [0.1, 0.15) is 11.4 Å². The second kappa shape index (κ2) is 11.2. The number of aliphatic imine (C=N–C) groups is 1. The highest BCUT2D eigenvalue weighted by Gasteiger charge is 2.30. The van der Waals surface area contributed by atoms with Gasteiger partial charge in [0.25, 0.3) is 0 Å². The number of methoxy groups -OCH3 is 1. The van der Waals surface area contributed by atoms with Crippen molar-refractivity contribution < 1.29 is 14.3 Å². The van der Waals surface area contributed by atoms with Crippen LogP contribution in [0, 0.1) is 0 Å². The second-order valence-corrected chi connectivity index (χ2v) is 7.17. The van der Waals surface area contributed by atoms with E-state index in [-0.39, 0.29) is 29.9 Å². The molecule has 0 unspecified atom stereocenters. The monoisotopic (exact) mass is 492 g/mol. The molecule has 0 aliphatic rings. The van der Waals surface area contributed by atoms with Gasteiger partial charge in [0, 0.05) is 5.69 Å². The Kier molecular flexibility index (Phi) is 10.5. The van der Waals surface area contributed by atoms with Crippen molar-refractivity contribution in [1.29, 1.82) is 0 Å². The maximum Gasteiger partial charge on any atom is 0.408 e. The van der Waals surface area contributed by atoms with Gasteiger partial charge >= 0.3 is 6.09 Å². The maximum absolute atomic E-state index is 12.1. The van der Waals surface area contributed by atoms with Gasteiger partial charge in [0.05, 0.1) is 19.2 Å². The number of halogens is 1. The fourth-order valence-electron chi connectivity index (χ4n) is 2.31. The minimum Gasteiger partial charge on any atom is -0.497 e. The zero-order valence-corrected chi connectivity index (χ0v) is 19.4. The van der Waals surface area contributed by atoms with Crippen molar-refractivity contribution in [2.75, 3.05) is 19.0 Å². The van der Waals surface area contributed by atoms with Crippen LogP contribution in [0.25, 0.3) is 0 Å². The highest BCUT2D eigenvalue weighted by atomic mass is 127. The van der Waals surface area contributed by atoms with Crippen molar-refractivity contribution in [1.82, 2.24) is 5.32 Å². The molecule has 1 rings (SSSR count). The minimum atomic E-state index is -0.546. The Morgan fingerprint density at radius 1 is 1.15 bits per heavy atom. The molecule has 0 aliphatic carbocycles. The number of rotatable bonds is 7. The highest BCUT2D eigenvalue weighted by molar-refractivity contribution is 14.0. The van der Waals surface area contributed by atoms with Crippen molar-refractivity contribution in [2.45, 2.75) is 58.6 Å². The molecule has 0 heterocycles. The Hall–Kier alpha value is -1.71. The minimum absolute atomic E-state index is 0. The number of anilines is 1. The molecule has 1 aromatic rings. The van der Waals surface area contributed by atoms with Crippen LogP contribution in [0.1, 0.15) is 47.5 Å². The average molecular weight is 492 g/mol. The molecule has 7 nitrogen and oxygen atoms in total. The Bertz CT molecular complexity index is 608. The smallest absolute Gasteiger partial charge is 0.408 e. The van der Waals surface area contributed by atoms with Crippen LogP contribution in [0.2, 0.25) is 0 Å². The third kappa shape index (κ3) is 9.16. The van der Waals surface area contributed by atoms with E-state index in [4.69, 9.17) is 15.2 Å². The molecular formula is C19H33IN4O3. The summed E-state index contributed by atoms with van der Waals surface area (Å²) in [7, 11) is 1.62. The van der Waals surface area contributed by atoms with E-state index in [1.807, 2.05) is 58.9 Å². The van der Waals surface area contributed by atoms with E-state index in [1.165, 1.54) is 0 Å². The zero-order valence-electron chi connectivity index (χ0n) is 17.1. The first-order valence-electron chi connectivity index (χ1n) is 8.85. The quantitative estimate of drug-likeness (QED) is 0.302. The molecule has 0 saturated heterocycles. The second-order valence-electron chi connectivity index (χ2n) is 7.17.